The van der Waals surface area contributed by atoms with E-state index in [0.29, 0.717) is 11.4 Å². The molecule has 5 nitrogen and oxygen atoms in total. The summed E-state index contributed by atoms with van der Waals surface area (Å²) in [6.45, 7) is 1.84. The van der Waals surface area contributed by atoms with Crippen molar-refractivity contribution in [2.45, 2.75) is 17.1 Å². The van der Waals surface area contributed by atoms with Gasteiger partial charge in [0.15, 0.2) is 0 Å². The second-order valence-electron chi connectivity index (χ2n) is 6.25. The number of rotatable bonds is 7. The Morgan fingerprint density at radius 2 is 1.69 bits per heavy atom. The van der Waals surface area contributed by atoms with E-state index in [1.54, 1.807) is 30.6 Å². The van der Waals surface area contributed by atoms with Gasteiger partial charge in [0.05, 0.1) is 5.25 Å². The molecule has 0 saturated heterocycles. The van der Waals surface area contributed by atoms with Crippen molar-refractivity contribution in [1.29, 1.82) is 0 Å². The Hall–Kier alpha value is -3.38. The zero-order valence-electron chi connectivity index (χ0n) is 15.9. The number of hydrogen-bond acceptors (Lipinski definition) is 4. The second-order valence-corrected chi connectivity index (χ2v) is 7.66. The molecule has 2 N–H and O–H groups in total. The Labute approximate surface area is 174 Å². The third-order valence-electron chi connectivity index (χ3n) is 3.96. The van der Waals surface area contributed by atoms with Gasteiger partial charge in [-0.3, -0.25) is 14.6 Å². The maximum atomic E-state index is 12.4. The molecule has 0 fully saturated rings. The largest absolute Gasteiger partial charge is 0.325 e. The van der Waals surface area contributed by atoms with Crippen LogP contribution in [0.25, 0.3) is 6.08 Å². The van der Waals surface area contributed by atoms with Gasteiger partial charge in [-0.1, -0.05) is 36.4 Å². The first kappa shape index (κ1) is 20.4. The number of anilines is 2. The lowest BCUT2D eigenvalue weighted by molar-refractivity contribution is -0.115. The van der Waals surface area contributed by atoms with Crippen molar-refractivity contribution < 1.29 is 9.59 Å². The summed E-state index contributed by atoms with van der Waals surface area (Å²) in [5.41, 5.74) is 2.35. The summed E-state index contributed by atoms with van der Waals surface area (Å²) in [5.74, 6) is -0.305. The van der Waals surface area contributed by atoms with Gasteiger partial charge in [0.1, 0.15) is 0 Å². The number of nitrogens with one attached hydrogen (secondary N) is 2. The number of pyridine rings is 1. The molecule has 0 aliphatic carbocycles. The number of nitrogens with zero attached hydrogens (tertiary/aromatic N) is 1. The van der Waals surface area contributed by atoms with Gasteiger partial charge >= 0.3 is 0 Å². The molecule has 146 valence electrons. The zero-order chi connectivity index (χ0) is 20.5. The maximum absolute atomic E-state index is 12.4. The summed E-state index contributed by atoms with van der Waals surface area (Å²) in [6.07, 6.45) is 6.52. The van der Waals surface area contributed by atoms with Crippen LogP contribution in [0.2, 0.25) is 0 Å². The van der Waals surface area contributed by atoms with Crippen molar-refractivity contribution in [3.05, 3.63) is 90.8 Å². The van der Waals surface area contributed by atoms with Crippen LogP contribution in [0, 0.1) is 0 Å². The molecule has 0 radical (unpaired) electrons. The van der Waals surface area contributed by atoms with Gasteiger partial charge in [-0.05, 0) is 48.9 Å². The average Bonchev–Trinajstić information content (AvgIpc) is 2.74. The lowest BCUT2D eigenvalue weighted by atomic mass is 10.2. The summed E-state index contributed by atoms with van der Waals surface area (Å²) >= 11 is 1.43. The van der Waals surface area contributed by atoms with Crippen molar-refractivity contribution in [3.8, 4) is 0 Å². The Morgan fingerprint density at radius 1 is 0.931 bits per heavy atom. The van der Waals surface area contributed by atoms with Crippen molar-refractivity contribution >= 4 is 41.0 Å². The standard InChI is InChI=1S/C23H21N3O2S/c1-17(23(28)26-19-12-14-24-15-13-19)29-21-9-5-8-20(16-21)25-22(27)11-10-18-6-3-2-4-7-18/h2-17H,1H3,(H,25,27)(H,24,26,28)/b11-10+. The van der Waals surface area contributed by atoms with Gasteiger partial charge in [0.25, 0.3) is 0 Å². The summed E-state index contributed by atoms with van der Waals surface area (Å²) in [6, 6.07) is 20.6. The second kappa shape index (κ2) is 10.2. The van der Waals surface area contributed by atoms with Gasteiger partial charge in [0, 0.05) is 34.7 Å². The number of carbonyl (C=O) groups is 2. The van der Waals surface area contributed by atoms with E-state index in [9.17, 15) is 9.59 Å². The normalized spacial score (nSPS) is 11.8. The van der Waals surface area contributed by atoms with Crippen molar-refractivity contribution in [2.24, 2.45) is 0 Å². The molecule has 0 saturated carbocycles. The highest BCUT2D eigenvalue weighted by Gasteiger charge is 2.15. The van der Waals surface area contributed by atoms with Crippen LogP contribution in [-0.4, -0.2) is 22.0 Å². The summed E-state index contributed by atoms with van der Waals surface area (Å²) < 4.78 is 0. The van der Waals surface area contributed by atoms with Gasteiger partial charge in [-0.2, -0.15) is 0 Å². The fourth-order valence-electron chi connectivity index (χ4n) is 2.50. The van der Waals surface area contributed by atoms with Gasteiger partial charge in [0.2, 0.25) is 11.8 Å². The van der Waals surface area contributed by atoms with Crippen molar-refractivity contribution in [1.82, 2.24) is 4.98 Å². The van der Waals surface area contributed by atoms with Gasteiger partial charge < -0.3 is 10.6 Å². The van der Waals surface area contributed by atoms with E-state index in [0.717, 1.165) is 10.5 Å². The van der Waals surface area contributed by atoms with E-state index in [1.807, 2.05) is 61.5 Å². The molecule has 3 rings (SSSR count). The van der Waals surface area contributed by atoms with Crippen LogP contribution in [0.15, 0.2) is 90.1 Å². The topological polar surface area (TPSA) is 71.1 Å². The van der Waals surface area contributed by atoms with Crippen LogP contribution in [-0.2, 0) is 9.59 Å². The number of hydrogen-bond donors (Lipinski definition) is 2. The molecule has 2 amide bonds. The minimum Gasteiger partial charge on any atom is -0.325 e. The number of thioether (sulfide) groups is 1. The molecule has 1 heterocycles. The molecular formula is C23H21N3O2S. The number of aromatic nitrogens is 1. The molecule has 1 unspecified atom stereocenters. The first-order chi connectivity index (χ1) is 14.1. The predicted octanol–water partition coefficient (Wildman–Crippen LogP) is 4.85. The molecule has 0 aliphatic heterocycles. The molecule has 1 atom stereocenters. The Kier molecular flexibility index (Phi) is 7.19. The van der Waals surface area contributed by atoms with Crippen LogP contribution >= 0.6 is 11.8 Å². The molecule has 1 aromatic heterocycles. The summed E-state index contributed by atoms with van der Waals surface area (Å²) in [7, 11) is 0. The van der Waals surface area contributed by atoms with Crippen LogP contribution in [0.3, 0.4) is 0 Å². The van der Waals surface area contributed by atoms with E-state index in [4.69, 9.17) is 0 Å². The van der Waals surface area contributed by atoms with Crippen LogP contribution < -0.4 is 10.6 Å². The molecular weight excluding hydrogens is 382 g/mol. The SMILES string of the molecule is CC(Sc1cccc(NC(=O)/C=C/c2ccccc2)c1)C(=O)Nc1ccncc1. The van der Waals surface area contributed by atoms with E-state index in [-0.39, 0.29) is 17.1 Å². The molecule has 0 aliphatic rings. The van der Waals surface area contributed by atoms with E-state index >= 15 is 0 Å². The van der Waals surface area contributed by atoms with Gasteiger partial charge in [-0.15, -0.1) is 11.8 Å². The molecule has 29 heavy (non-hydrogen) atoms. The van der Waals surface area contributed by atoms with Gasteiger partial charge in [-0.25, -0.2) is 0 Å². The van der Waals surface area contributed by atoms with Crippen LogP contribution in [0.4, 0.5) is 11.4 Å². The number of benzene rings is 2. The average molecular weight is 404 g/mol. The first-order valence-corrected chi connectivity index (χ1v) is 10.00. The third kappa shape index (κ3) is 6.62. The van der Waals surface area contributed by atoms with Crippen LogP contribution in [0.5, 0.6) is 0 Å². The maximum Gasteiger partial charge on any atom is 0.248 e. The van der Waals surface area contributed by atoms with E-state index in [1.165, 1.54) is 17.8 Å². The van der Waals surface area contributed by atoms with Crippen molar-refractivity contribution in [3.63, 3.8) is 0 Å². The third-order valence-corrected chi connectivity index (χ3v) is 5.05. The number of amides is 2. The Balaban J connectivity index is 1.56. The lowest BCUT2D eigenvalue weighted by Gasteiger charge is -2.12. The van der Waals surface area contributed by atoms with Crippen LogP contribution in [0.1, 0.15) is 12.5 Å². The smallest absolute Gasteiger partial charge is 0.248 e. The molecule has 0 bridgehead atoms. The quantitative estimate of drug-likeness (QED) is 0.437. The molecule has 2 aromatic carbocycles. The monoisotopic (exact) mass is 403 g/mol. The fraction of sp³-hybridized carbons (Fsp3) is 0.0870. The van der Waals surface area contributed by atoms with E-state index < -0.39 is 0 Å². The first-order valence-electron chi connectivity index (χ1n) is 9.12. The van der Waals surface area contributed by atoms with Crippen molar-refractivity contribution in [2.75, 3.05) is 10.6 Å². The summed E-state index contributed by atoms with van der Waals surface area (Å²) in [4.78, 5) is 29.4. The minimum absolute atomic E-state index is 0.0959. The Bertz CT molecular complexity index is 991. The highest BCUT2D eigenvalue weighted by Crippen LogP contribution is 2.26. The fourth-order valence-corrected chi connectivity index (χ4v) is 3.43. The molecule has 3 aromatic rings. The summed E-state index contributed by atoms with van der Waals surface area (Å²) in [5, 5.41) is 5.41. The highest BCUT2D eigenvalue weighted by molar-refractivity contribution is 8.00. The predicted molar refractivity (Wildman–Crippen MR) is 119 cm³/mol. The highest BCUT2D eigenvalue weighted by atomic mass is 32.2. The Morgan fingerprint density at radius 3 is 2.45 bits per heavy atom. The van der Waals surface area contributed by atoms with E-state index in [2.05, 4.69) is 15.6 Å². The minimum atomic E-state index is -0.299. The molecule has 6 heteroatoms. The zero-order valence-corrected chi connectivity index (χ0v) is 16.7. The molecule has 0 spiro atoms. The number of carbonyl (C=O) groups excluding carboxylic acids is 2. The lowest BCUT2D eigenvalue weighted by Crippen LogP contribution is -2.22.